The summed E-state index contributed by atoms with van der Waals surface area (Å²) in [6.07, 6.45) is 0.0456. The molecule has 1 amide bonds. The van der Waals surface area contributed by atoms with Crippen LogP contribution in [0.3, 0.4) is 0 Å². The first-order valence-corrected chi connectivity index (χ1v) is 6.84. The maximum absolute atomic E-state index is 11.2. The van der Waals surface area contributed by atoms with E-state index in [9.17, 15) is 9.59 Å². The molecule has 0 aromatic heterocycles. The zero-order valence-corrected chi connectivity index (χ0v) is 12.8. The van der Waals surface area contributed by atoms with Crippen LogP contribution in [0.25, 0.3) is 0 Å². The molecule has 0 aliphatic heterocycles. The lowest BCUT2D eigenvalue weighted by molar-refractivity contribution is -0.140. The molecule has 0 radical (unpaired) electrons. The molecule has 1 aromatic rings. The zero-order chi connectivity index (χ0) is 16.4. The van der Waals surface area contributed by atoms with E-state index in [0.29, 0.717) is 37.7 Å². The van der Waals surface area contributed by atoms with Crippen LogP contribution in [-0.2, 0) is 20.7 Å². The third-order valence-corrected chi connectivity index (χ3v) is 2.82. The highest BCUT2D eigenvalue weighted by Crippen LogP contribution is 2.28. The van der Waals surface area contributed by atoms with E-state index < -0.39 is 18.3 Å². The Kier molecular flexibility index (Phi) is 7.77. The predicted molar refractivity (Wildman–Crippen MR) is 79.3 cm³/mol. The normalized spacial score (nSPS) is 10.1. The average Bonchev–Trinajstić information content (AvgIpc) is 2.47. The Morgan fingerprint density at radius 1 is 1.18 bits per heavy atom. The lowest BCUT2D eigenvalue weighted by atomic mass is 10.1. The molecular weight excluding hydrogens is 290 g/mol. The molecule has 0 fully saturated rings. The fourth-order valence-corrected chi connectivity index (χ4v) is 1.77. The molecule has 22 heavy (non-hydrogen) atoms. The summed E-state index contributed by atoms with van der Waals surface area (Å²) < 4.78 is 15.7. The molecule has 122 valence electrons. The van der Waals surface area contributed by atoms with Crippen LogP contribution in [0.2, 0.25) is 0 Å². The van der Waals surface area contributed by atoms with Crippen molar-refractivity contribution < 1.29 is 28.9 Å². The Morgan fingerprint density at radius 3 is 2.59 bits per heavy atom. The molecule has 7 nitrogen and oxygen atoms in total. The molecule has 0 saturated heterocycles. The smallest absolute Gasteiger partial charge is 0.312 e. The number of ether oxygens (including phenoxy) is 3. The fourth-order valence-electron chi connectivity index (χ4n) is 1.77. The molecular formula is C15H21NO6. The molecule has 0 aliphatic carbocycles. The van der Waals surface area contributed by atoms with Gasteiger partial charge in [0.05, 0.1) is 13.7 Å². The van der Waals surface area contributed by atoms with E-state index in [4.69, 9.17) is 19.3 Å². The summed E-state index contributed by atoms with van der Waals surface area (Å²) in [7, 11) is 3.15. The standard InChI is InChI=1S/C15H21NO6/c1-20-7-8-22-13-9-11(3-4-12(13)21-2)5-6-16-14(17)10-15(18)19/h3-4,9H,5-8,10H2,1-2H3,(H,16,17)(H,18,19). The van der Waals surface area contributed by atoms with Crippen molar-refractivity contribution in [2.24, 2.45) is 0 Å². The number of carboxylic acids is 1. The topological polar surface area (TPSA) is 94.1 Å². The number of aliphatic carboxylic acids is 1. The first-order valence-electron chi connectivity index (χ1n) is 6.84. The molecule has 0 aliphatic rings. The van der Waals surface area contributed by atoms with Gasteiger partial charge in [0, 0.05) is 13.7 Å². The van der Waals surface area contributed by atoms with E-state index in [2.05, 4.69) is 5.32 Å². The van der Waals surface area contributed by atoms with Crippen LogP contribution in [0.1, 0.15) is 12.0 Å². The van der Waals surface area contributed by atoms with Crippen molar-refractivity contribution in [1.29, 1.82) is 0 Å². The minimum Gasteiger partial charge on any atom is -0.493 e. The largest absolute Gasteiger partial charge is 0.493 e. The number of amides is 1. The number of carboxylic acid groups (broad SMARTS) is 1. The summed E-state index contributed by atoms with van der Waals surface area (Å²) in [5.41, 5.74) is 0.948. The van der Waals surface area contributed by atoms with Gasteiger partial charge in [-0.3, -0.25) is 9.59 Å². The quantitative estimate of drug-likeness (QED) is 0.491. The van der Waals surface area contributed by atoms with Crippen LogP contribution in [0, 0.1) is 0 Å². The van der Waals surface area contributed by atoms with Crippen LogP contribution in [0.5, 0.6) is 11.5 Å². The maximum atomic E-state index is 11.2. The Balaban J connectivity index is 2.54. The van der Waals surface area contributed by atoms with E-state index in [0.717, 1.165) is 5.56 Å². The Bertz CT molecular complexity index is 503. The first-order chi connectivity index (χ1) is 10.6. The van der Waals surface area contributed by atoms with Crippen molar-refractivity contribution in [3.05, 3.63) is 23.8 Å². The van der Waals surface area contributed by atoms with Gasteiger partial charge in [0.25, 0.3) is 0 Å². The highest BCUT2D eigenvalue weighted by molar-refractivity contribution is 5.93. The van der Waals surface area contributed by atoms with Crippen molar-refractivity contribution in [1.82, 2.24) is 5.32 Å². The summed E-state index contributed by atoms with van der Waals surface area (Å²) in [6, 6.07) is 5.49. The number of rotatable bonds is 10. The molecule has 0 heterocycles. The van der Waals surface area contributed by atoms with Gasteiger partial charge in [-0.05, 0) is 24.1 Å². The molecule has 1 aromatic carbocycles. The van der Waals surface area contributed by atoms with Crippen molar-refractivity contribution in [2.45, 2.75) is 12.8 Å². The van der Waals surface area contributed by atoms with Crippen molar-refractivity contribution in [3.8, 4) is 11.5 Å². The molecule has 0 spiro atoms. The molecule has 2 N–H and O–H groups in total. The predicted octanol–water partition coefficient (Wildman–Crippen LogP) is 0.854. The minimum atomic E-state index is -1.14. The highest BCUT2D eigenvalue weighted by Gasteiger charge is 2.08. The zero-order valence-electron chi connectivity index (χ0n) is 12.8. The maximum Gasteiger partial charge on any atom is 0.312 e. The van der Waals surface area contributed by atoms with Gasteiger partial charge in [0.1, 0.15) is 13.0 Å². The minimum absolute atomic E-state index is 0.357. The lowest BCUT2D eigenvalue weighted by Crippen LogP contribution is -2.27. The molecule has 0 atom stereocenters. The molecule has 1 rings (SSSR count). The Hall–Kier alpha value is -2.28. The van der Waals surface area contributed by atoms with Gasteiger partial charge in [-0.1, -0.05) is 6.07 Å². The van der Waals surface area contributed by atoms with Gasteiger partial charge >= 0.3 is 5.97 Å². The van der Waals surface area contributed by atoms with E-state index in [1.165, 1.54) is 0 Å². The van der Waals surface area contributed by atoms with Gasteiger partial charge in [-0.25, -0.2) is 0 Å². The van der Waals surface area contributed by atoms with Crippen LogP contribution in [0.4, 0.5) is 0 Å². The molecule has 0 bridgehead atoms. The van der Waals surface area contributed by atoms with Crippen molar-refractivity contribution in [2.75, 3.05) is 34.0 Å². The van der Waals surface area contributed by atoms with E-state index in [1.54, 1.807) is 20.3 Å². The fraction of sp³-hybridized carbons (Fsp3) is 0.467. The van der Waals surface area contributed by atoms with Gasteiger partial charge in [-0.15, -0.1) is 0 Å². The lowest BCUT2D eigenvalue weighted by Gasteiger charge is -2.12. The van der Waals surface area contributed by atoms with Crippen LogP contribution >= 0.6 is 0 Å². The number of hydrogen-bond acceptors (Lipinski definition) is 5. The number of hydrogen-bond donors (Lipinski definition) is 2. The third-order valence-electron chi connectivity index (χ3n) is 2.82. The van der Waals surface area contributed by atoms with E-state index in [-0.39, 0.29) is 0 Å². The highest BCUT2D eigenvalue weighted by atomic mass is 16.5. The number of benzene rings is 1. The Morgan fingerprint density at radius 2 is 1.95 bits per heavy atom. The third kappa shape index (κ3) is 6.45. The number of nitrogens with one attached hydrogen (secondary N) is 1. The van der Waals surface area contributed by atoms with Gasteiger partial charge in [0.15, 0.2) is 11.5 Å². The van der Waals surface area contributed by atoms with Crippen LogP contribution < -0.4 is 14.8 Å². The second-order valence-electron chi connectivity index (χ2n) is 4.50. The van der Waals surface area contributed by atoms with E-state index >= 15 is 0 Å². The van der Waals surface area contributed by atoms with Gasteiger partial charge in [0.2, 0.25) is 5.91 Å². The summed E-state index contributed by atoms with van der Waals surface area (Å²) in [4.78, 5) is 21.6. The SMILES string of the molecule is COCCOc1cc(CCNC(=O)CC(=O)O)ccc1OC. The first kappa shape index (κ1) is 17.8. The number of carbonyl (C=O) groups excluding carboxylic acids is 1. The molecule has 7 heteroatoms. The number of carbonyl (C=O) groups is 2. The number of methoxy groups -OCH3 is 2. The summed E-state index contributed by atoms with van der Waals surface area (Å²) >= 11 is 0. The van der Waals surface area contributed by atoms with Gasteiger partial charge < -0.3 is 24.6 Å². The monoisotopic (exact) mass is 311 g/mol. The summed E-state index contributed by atoms with van der Waals surface area (Å²) in [5, 5.41) is 11.0. The second-order valence-corrected chi connectivity index (χ2v) is 4.50. The summed E-state index contributed by atoms with van der Waals surface area (Å²) in [6.45, 7) is 1.24. The summed E-state index contributed by atoms with van der Waals surface area (Å²) in [5.74, 6) is -0.419. The molecule has 0 unspecified atom stereocenters. The van der Waals surface area contributed by atoms with Crippen LogP contribution in [0.15, 0.2) is 18.2 Å². The van der Waals surface area contributed by atoms with E-state index in [1.807, 2.05) is 12.1 Å². The Labute approximate surface area is 129 Å². The second kappa shape index (κ2) is 9.62. The average molecular weight is 311 g/mol. The molecule has 0 saturated carbocycles. The van der Waals surface area contributed by atoms with Crippen molar-refractivity contribution in [3.63, 3.8) is 0 Å². The van der Waals surface area contributed by atoms with Crippen LogP contribution in [-0.4, -0.2) is 51.0 Å². The van der Waals surface area contributed by atoms with Crippen molar-refractivity contribution >= 4 is 11.9 Å². The van der Waals surface area contributed by atoms with Gasteiger partial charge in [-0.2, -0.15) is 0 Å².